The van der Waals surface area contributed by atoms with Crippen molar-refractivity contribution in [3.8, 4) is 0 Å². The first kappa shape index (κ1) is 13.3. The van der Waals surface area contributed by atoms with Crippen LogP contribution in [0.5, 0.6) is 0 Å². The molecule has 5 nitrogen and oxygen atoms in total. The third kappa shape index (κ3) is 3.40. The minimum Gasteiger partial charge on any atom is -0.377 e. The van der Waals surface area contributed by atoms with Crippen LogP contribution in [0.15, 0.2) is 0 Å². The molecule has 0 aromatic heterocycles. The molecule has 0 bridgehead atoms. The Kier molecular flexibility index (Phi) is 4.41. The zero-order valence-corrected chi connectivity index (χ0v) is 11.2. The van der Waals surface area contributed by atoms with Crippen LogP contribution in [0.2, 0.25) is 0 Å². The third-order valence-electron chi connectivity index (χ3n) is 3.64. The molecule has 0 aromatic rings. The quantitative estimate of drug-likeness (QED) is 0.785. The molecule has 2 heterocycles. The lowest BCUT2D eigenvalue weighted by Gasteiger charge is -2.31. The predicted molar refractivity (Wildman–Crippen MR) is 66.4 cm³/mol. The Morgan fingerprint density at radius 1 is 1.35 bits per heavy atom. The lowest BCUT2D eigenvalue weighted by atomic mass is 10.1. The van der Waals surface area contributed by atoms with E-state index in [4.69, 9.17) is 4.74 Å². The average Bonchev–Trinajstić information content (AvgIpc) is 2.81. The predicted octanol–water partition coefficient (Wildman–Crippen LogP) is 0.179. The van der Waals surface area contributed by atoms with Gasteiger partial charge in [-0.15, -0.1) is 0 Å². The highest BCUT2D eigenvalue weighted by Crippen LogP contribution is 2.18. The molecule has 2 aliphatic rings. The number of rotatable bonds is 4. The summed E-state index contributed by atoms with van der Waals surface area (Å²) in [6.07, 6.45) is 3.75. The molecule has 0 aromatic carbocycles. The standard InChI is InChI=1S/C11H22N2O3S/c1-13(10-4-2-6-12-8-10)17(14,15)9-11-5-3-7-16-11/h10-12H,2-9H2,1H3. The molecule has 0 amide bonds. The van der Waals surface area contributed by atoms with E-state index in [0.29, 0.717) is 6.61 Å². The van der Waals surface area contributed by atoms with Gasteiger partial charge in [-0.2, -0.15) is 0 Å². The van der Waals surface area contributed by atoms with Gasteiger partial charge in [-0.05, 0) is 32.2 Å². The highest BCUT2D eigenvalue weighted by Gasteiger charge is 2.31. The fraction of sp³-hybridized carbons (Fsp3) is 1.00. The molecule has 100 valence electrons. The van der Waals surface area contributed by atoms with Gasteiger partial charge in [0.25, 0.3) is 0 Å². The van der Waals surface area contributed by atoms with Crippen LogP contribution in [0, 0.1) is 0 Å². The van der Waals surface area contributed by atoms with E-state index in [2.05, 4.69) is 5.32 Å². The van der Waals surface area contributed by atoms with Gasteiger partial charge in [0.1, 0.15) is 0 Å². The van der Waals surface area contributed by atoms with E-state index >= 15 is 0 Å². The van der Waals surface area contributed by atoms with Gasteiger partial charge >= 0.3 is 0 Å². The molecule has 17 heavy (non-hydrogen) atoms. The molecular weight excluding hydrogens is 240 g/mol. The monoisotopic (exact) mass is 262 g/mol. The van der Waals surface area contributed by atoms with Crippen LogP contribution in [0.4, 0.5) is 0 Å². The van der Waals surface area contributed by atoms with Crippen molar-refractivity contribution in [2.45, 2.75) is 37.8 Å². The van der Waals surface area contributed by atoms with Crippen molar-refractivity contribution in [1.29, 1.82) is 0 Å². The van der Waals surface area contributed by atoms with E-state index < -0.39 is 10.0 Å². The number of likely N-dealkylation sites (N-methyl/N-ethyl adjacent to an activating group) is 1. The molecular formula is C11H22N2O3S. The number of hydrogen-bond donors (Lipinski definition) is 1. The van der Waals surface area contributed by atoms with E-state index in [1.807, 2.05) is 0 Å². The first-order valence-electron chi connectivity index (χ1n) is 6.37. The van der Waals surface area contributed by atoms with Crippen molar-refractivity contribution in [3.05, 3.63) is 0 Å². The topological polar surface area (TPSA) is 58.6 Å². The van der Waals surface area contributed by atoms with Gasteiger partial charge in [0, 0.05) is 26.2 Å². The SMILES string of the molecule is CN(C1CCCNC1)S(=O)(=O)CC1CCCO1. The van der Waals surface area contributed by atoms with Crippen molar-refractivity contribution in [2.24, 2.45) is 0 Å². The Bertz CT molecular complexity index is 333. The number of nitrogens with one attached hydrogen (secondary N) is 1. The second-order valence-electron chi connectivity index (χ2n) is 4.93. The molecule has 2 unspecified atom stereocenters. The summed E-state index contributed by atoms with van der Waals surface area (Å²) in [5.41, 5.74) is 0. The van der Waals surface area contributed by atoms with Crippen molar-refractivity contribution in [2.75, 3.05) is 32.5 Å². The van der Waals surface area contributed by atoms with Crippen molar-refractivity contribution in [1.82, 2.24) is 9.62 Å². The maximum absolute atomic E-state index is 12.2. The van der Waals surface area contributed by atoms with Gasteiger partial charge in [-0.1, -0.05) is 0 Å². The Morgan fingerprint density at radius 3 is 2.76 bits per heavy atom. The van der Waals surface area contributed by atoms with Crippen LogP contribution < -0.4 is 5.32 Å². The Balaban J connectivity index is 1.93. The highest BCUT2D eigenvalue weighted by atomic mass is 32.2. The molecule has 1 N–H and O–H groups in total. The summed E-state index contributed by atoms with van der Waals surface area (Å²) in [7, 11) is -1.48. The second-order valence-corrected chi connectivity index (χ2v) is 7.00. The molecule has 2 atom stereocenters. The maximum Gasteiger partial charge on any atom is 0.216 e. The zero-order chi connectivity index (χ0) is 12.3. The lowest BCUT2D eigenvalue weighted by Crippen LogP contribution is -2.48. The molecule has 0 radical (unpaired) electrons. The number of ether oxygens (including phenoxy) is 1. The van der Waals surface area contributed by atoms with Crippen LogP contribution >= 0.6 is 0 Å². The van der Waals surface area contributed by atoms with Crippen LogP contribution in [0.1, 0.15) is 25.7 Å². The van der Waals surface area contributed by atoms with Crippen LogP contribution in [0.3, 0.4) is 0 Å². The largest absolute Gasteiger partial charge is 0.377 e. The fourth-order valence-electron chi connectivity index (χ4n) is 2.50. The molecule has 0 saturated carbocycles. The summed E-state index contributed by atoms with van der Waals surface area (Å²) in [6.45, 7) is 2.46. The number of sulfonamides is 1. The highest BCUT2D eigenvalue weighted by molar-refractivity contribution is 7.89. The Morgan fingerprint density at radius 2 is 2.18 bits per heavy atom. The van der Waals surface area contributed by atoms with E-state index in [1.165, 1.54) is 0 Å². The van der Waals surface area contributed by atoms with Crippen LogP contribution in [-0.4, -0.2) is 57.4 Å². The molecule has 2 fully saturated rings. The molecule has 2 aliphatic heterocycles. The summed E-state index contributed by atoms with van der Waals surface area (Å²) in [4.78, 5) is 0. The molecule has 6 heteroatoms. The number of hydrogen-bond acceptors (Lipinski definition) is 4. The lowest BCUT2D eigenvalue weighted by molar-refractivity contribution is 0.126. The third-order valence-corrected chi connectivity index (χ3v) is 5.61. The van der Waals surface area contributed by atoms with Gasteiger partial charge in [-0.25, -0.2) is 12.7 Å². The molecule has 2 saturated heterocycles. The van der Waals surface area contributed by atoms with E-state index in [-0.39, 0.29) is 17.9 Å². The maximum atomic E-state index is 12.2. The fourth-order valence-corrected chi connectivity index (χ4v) is 4.10. The van der Waals surface area contributed by atoms with E-state index in [0.717, 1.165) is 38.8 Å². The van der Waals surface area contributed by atoms with Crippen LogP contribution in [0.25, 0.3) is 0 Å². The van der Waals surface area contributed by atoms with E-state index in [1.54, 1.807) is 11.4 Å². The molecule has 0 aliphatic carbocycles. The van der Waals surface area contributed by atoms with Gasteiger partial charge in [0.15, 0.2) is 0 Å². The summed E-state index contributed by atoms with van der Waals surface area (Å²) in [6, 6.07) is 0.107. The van der Waals surface area contributed by atoms with Crippen molar-refractivity contribution in [3.63, 3.8) is 0 Å². The van der Waals surface area contributed by atoms with Gasteiger partial charge in [0.2, 0.25) is 10.0 Å². The normalized spacial score (nSPS) is 30.9. The smallest absolute Gasteiger partial charge is 0.216 e. The number of piperidine rings is 1. The molecule has 0 spiro atoms. The minimum absolute atomic E-state index is 0.0981. The average molecular weight is 262 g/mol. The van der Waals surface area contributed by atoms with Crippen molar-refractivity contribution >= 4 is 10.0 Å². The summed E-state index contributed by atoms with van der Waals surface area (Å²) in [5, 5.41) is 3.24. The summed E-state index contributed by atoms with van der Waals surface area (Å²) < 4.78 is 31.4. The Labute approximate surface area is 104 Å². The van der Waals surface area contributed by atoms with Gasteiger partial charge < -0.3 is 10.1 Å². The number of nitrogens with zero attached hydrogens (tertiary/aromatic N) is 1. The molecule has 2 rings (SSSR count). The summed E-state index contributed by atoms with van der Waals surface area (Å²) >= 11 is 0. The minimum atomic E-state index is -3.18. The second kappa shape index (κ2) is 5.65. The Hall–Kier alpha value is -0.170. The zero-order valence-electron chi connectivity index (χ0n) is 10.4. The van der Waals surface area contributed by atoms with E-state index in [9.17, 15) is 8.42 Å². The first-order chi connectivity index (χ1) is 8.09. The van der Waals surface area contributed by atoms with Gasteiger partial charge in [-0.3, -0.25) is 0 Å². The van der Waals surface area contributed by atoms with Crippen molar-refractivity contribution < 1.29 is 13.2 Å². The summed E-state index contributed by atoms with van der Waals surface area (Å²) in [5.74, 6) is 0.139. The van der Waals surface area contributed by atoms with Crippen LogP contribution in [-0.2, 0) is 14.8 Å². The van der Waals surface area contributed by atoms with Gasteiger partial charge in [0.05, 0.1) is 11.9 Å². The first-order valence-corrected chi connectivity index (χ1v) is 7.98.